The number of benzene rings is 2. The van der Waals surface area contributed by atoms with Gasteiger partial charge in [-0.1, -0.05) is 12.1 Å². The highest BCUT2D eigenvalue weighted by molar-refractivity contribution is 5.99. The van der Waals surface area contributed by atoms with Gasteiger partial charge in [0, 0.05) is 36.0 Å². The molecule has 9 heteroatoms. The van der Waals surface area contributed by atoms with Crippen molar-refractivity contribution in [2.75, 3.05) is 6.61 Å². The van der Waals surface area contributed by atoms with Crippen molar-refractivity contribution in [2.24, 2.45) is 5.73 Å². The van der Waals surface area contributed by atoms with E-state index in [2.05, 4.69) is 4.98 Å². The van der Waals surface area contributed by atoms with Gasteiger partial charge in [-0.3, -0.25) is 14.6 Å². The summed E-state index contributed by atoms with van der Waals surface area (Å²) in [7, 11) is 0. The molecule has 0 aliphatic carbocycles. The number of ether oxygens (including phenoxy) is 2. The molecule has 0 spiro atoms. The molecule has 1 atom stereocenters. The predicted octanol–water partition coefficient (Wildman–Crippen LogP) is 4.33. The van der Waals surface area contributed by atoms with Crippen molar-refractivity contribution in [3.63, 3.8) is 0 Å². The zero-order valence-corrected chi connectivity index (χ0v) is 16.6. The smallest absolute Gasteiger partial charge is 0.418 e. The molecule has 0 saturated heterocycles. The predicted molar refractivity (Wildman–Crippen MR) is 108 cm³/mol. The number of carbonyl (C=O) groups excluding carboxylic acids is 2. The standard InChI is InChI=1S/C23H17F3N2O4/c24-23(25,26)18-12-28-9-7-16(18)21(13-1-3-14(4-2-13)22(27)30)32-15-5-6-17-19(29)8-10-31-20(17)11-15/h1-7,9,11-12,21H,8,10H2,(H2,27,30)/t21-/m0/s1. The lowest BCUT2D eigenvalue weighted by molar-refractivity contribution is -0.139. The molecule has 0 fully saturated rings. The number of rotatable bonds is 5. The first kappa shape index (κ1) is 21.4. The highest BCUT2D eigenvalue weighted by atomic mass is 19.4. The minimum atomic E-state index is -4.66. The van der Waals surface area contributed by atoms with Crippen LogP contribution in [0, 0.1) is 0 Å². The van der Waals surface area contributed by atoms with Crippen molar-refractivity contribution in [2.45, 2.75) is 18.7 Å². The van der Waals surface area contributed by atoms with Gasteiger partial charge in [0.1, 0.15) is 17.6 Å². The number of nitrogens with zero attached hydrogens (tertiary/aromatic N) is 1. The average Bonchev–Trinajstić information content (AvgIpc) is 2.77. The third-order valence-corrected chi connectivity index (χ3v) is 5.03. The van der Waals surface area contributed by atoms with Crippen LogP contribution in [0.15, 0.2) is 60.9 Å². The van der Waals surface area contributed by atoms with E-state index in [0.717, 1.165) is 6.20 Å². The molecule has 3 aromatic rings. The zero-order valence-electron chi connectivity index (χ0n) is 16.6. The minimum Gasteiger partial charge on any atom is -0.492 e. The number of hydrogen-bond acceptors (Lipinski definition) is 5. The number of carbonyl (C=O) groups is 2. The molecular formula is C23H17F3N2O4. The fourth-order valence-electron chi connectivity index (χ4n) is 3.45. The van der Waals surface area contributed by atoms with Crippen LogP contribution in [0.25, 0.3) is 0 Å². The Morgan fingerprint density at radius 3 is 2.56 bits per heavy atom. The summed E-state index contributed by atoms with van der Waals surface area (Å²) >= 11 is 0. The molecule has 1 aliphatic heterocycles. The Morgan fingerprint density at radius 2 is 1.88 bits per heavy atom. The van der Waals surface area contributed by atoms with Crippen LogP contribution < -0.4 is 15.2 Å². The summed E-state index contributed by atoms with van der Waals surface area (Å²) in [6, 6.07) is 11.5. The van der Waals surface area contributed by atoms with Gasteiger partial charge < -0.3 is 15.2 Å². The molecule has 6 nitrogen and oxygen atoms in total. The van der Waals surface area contributed by atoms with E-state index in [1.165, 1.54) is 54.7 Å². The first-order chi connectivity index (χ1) is 15.2. The minimum absolute atomic E-state index is 0.0788. The topological polar surface area (TPSA) is 91.5 Å². The van der Waals surface area contributed by atoms with Crippen LogP contribution in [-0.2, 0) is 6.18 Å². The summed E-state index contributed by atoms with van der Waals surface area (Å²) in [6.07, 6.45) is -3.61. The molecule has 1 aromatic heterocycles. The number of ketones is 1. The monoisotopic (exact) mass is 442 g/mol. The van der Waals surface area contributed by atoms with E-state index in [9.17, 15) is 22.8 Å². The molecule has 4 rings (SSSR count). The molecule has 0 saturated carbocycles. The molecule has 2 aromatic carbocycles. The van der Waals surface area contributed by atoms with Gasteiger partial charge in [0.25, 0.3) is 0 Å². The molecule has 2 heterocycles. The Hall–Kier alpha value is -3.88. The van der Waals surface area contributed by atoms with Crippen molar-refractivity contribution in [1.82, 2.24) is 4.98 Å². The van der Waals surface area contributed by atoms with Crippen LogP contribution >= 0.6 is 0 Å². The Balaban J connectivity index is 1.79. The van der Waals surface area contributed by atoms with Crippen LogP contribution in [0.1, 0.15) is 49.9 Å². The second-order valence-corrected chi connectivity index (χ2v) is 7.12. The number of halogens is 3. The van der Waals surface area contributed by atoms with E-state index in [1.54, 1.807) is 0 Å². The van der Waals surface area contributed by atoms with Crippen LogP contribution in [0.3, 0.4) is 0 Å². The molecule has 2 N–H and O–H groups in total. The van der Waals surface area contributed by atoms with E-state index in [1.807, 2.05) is 0 Å². The van der Waals surface area contributed by atoms with Crippen molar-refractivity contribution in [1.29, 1.82) is 0 Å². The van der Waals surface area contributed by atoms with Crippen molar-refractivity contribution in [3.05, 3.63) is 88.7 Å². The number of alkyl halides is 3. The Bertz CT molecular complexity index is 1180. The molecule has 1 aliphatic rings. The Morgan fingerprint density at radius 1 is 1.12 bits per heavy atom. The Labute approximate surface area is 180 Å². The summed E-state index contributed by atoms with van der Waals surface area (Å²) in [6.45, 7) is 0.218. The number of nitrogens with two attached hydrogens (primary N) is 1. The number of Topliss-reactive ketones (excluding diaryl/α,β-unsaturated/α-hetero) is 1. The lowest BCUT2D eigenvalue weighted by Crippen LogP contribution is -2.18. The largest absolute Gasteiger partial charge is 0.492 e. The lowest BCUT2D eigenvalue weighted by atomic mass is 9.96. The second-order valence-electron chi connectivity index (χ2n) is 7.12. The summed E-state index contributed by atoms with van der Waals surface area (Å²) in [5, 5.41) is 0. The second kappa shape index (κ2) is 8.33. The van der Waals surface area contributed by atoms with Gasteiger partial charge in [-0.2, -0.15) is 13.2 Å². The van der Waals surface area contributed by atoms with Gasteiger partial charge in [-0.15, -0.1) is 0 Å². The van der Waals surface area contributed by atoms with Gasteiger partial charge in [0.2, 0.25) is 5.91 Å². The molecular weight excluding hydrogens is 425 g/mol. The Kier molecular flexibility index (Phi) is 5.56. The fraction of sp³-hybridized carbons (Fsp3) is 0.174. The highest BCUT2D eigenvalue weighted by Gasteiger charge is 2.37. The molecule has 0 bridgehead atoms. The summed E-state index contributed by atoms with van der Waals surface area (Å²) in [4.78, 5) is 27.0. The quantitative estimate of drug-likeness (QED) is 0.635. The highest BCUT2D eigenvalue weighted by Crippen LogP contribution is 2.39. The number of aromatic nitrogens is 1. The maximum absolute atomic E-state index is 13.7. The lowest BCUT2D eigenvalue weighted by Gasteiger charge is -2.24. The first-order valence-electron chi connectivity index (χ1n) is 9.61. The average molecular weight is 442 g/mol. The summed E-state index contributed by atoms with van der Waals surface area (Å²) in [5.74, 6) is -0.213. The summed E-state index contributed by atoms with van der Waals surface area (Å²) in [5.41, 5.74) is 5.12. The maximum atomic E-state index is 13.7. The van der Waals surface area contributed by atoms with E-state index < -0.39 is 23.8 Å². The van der Waals surface area contributed by atoms with Crippen LogP contribution in [0.2, 0.25) is 0 Å². The first-order valence-corrected chi connectivity index (χ1v) is 9.61. The summed E-state index contributed by atoms with van der Waals surface area (Å²) < 4.78 is 52.6. The van der Waals surface area contributed by atoms with E-state index in [0.29, 0.717) is 16.9 Å². The fourth-order valence-corrected chi connectivity index (χ4v) is 3.45. The van der Waals surface area contributed by atoms with E-state index >= 15 is 0 Å². The molecule has 1 amide bonds. The van der Waals surface area contributed by atoms with Gasteiger partial charge in [-0.25, -0.2) is 0 Å². The van der Waals surface area contributed by atoms with Crippen molar-refractivity contribution >= 4 is 11.7 Å². The third-order valence-electron chi connectivity index (χ3n) is 5.03. The van der Waals surface area contributed by atoms with E-state index in [-0.39, 0.29) is 35.7 Å². The number of pyridine rings is 1. The number of hydrogen-bond donors (Lipinski definition) is 1. The molecule has 0 unspecified atom stereocenters. The SMILES string of the molecule is NC(=O)c1ccc([C@H](Oc2ccc3c(c2)OCCC3=O)c2ccncc2C(F)(F)F)cc1. The van der Waals surface area contributed by atoms with Gasteiger partial charge in [0.15, 0.2) is 5.78 Å². The normalized spacial score (nSPS) is 14.3. The zero-order chi connectivity index (χ0) is 22.9. The third kappa shape index (κ3) is 4.27. The van der Waals surface area contributed by atoms with Crippen LogP contribution in [-0.4, -0.2) is 23.3 Å². The van der Waals surface area contributed by atoms with Crippen LogP contribution in [0.5, 0.6) is 11.5 Å². The number of primary amides is 1. The molecule has 164 valence electrons. The van der Waals surface area contributed by atoms with Crippen molar-refractivity contribution < 1.29 is 32.2 Å². The number of fused-ring (bicyclic) bond motifs is 1. The van der Waals surface area contributed by atoms with Gasteiger partial charge in [0.05, 0.1) is 17.7 Å². The van der Waals surface area contributed by atoms with E-state index in [4.69, 9.17) is 15.2 Å². The van der Waals surface area contributed by atoms with Crippen molar-refractivity contribution in [3.8, 4) is 11.5 Å². The maximum Gasteiger partial charge on any atom is 0.418 e. The number of amides is 1. The van der Waals surface area contributed by atoms with Gasteiger partial charge in [-0.05, 0) is 35.9 Å². The molecule has 32 heavy (non-hydrogen) atoms. The van der Waals surface area contributed by atoms with Crippen LogP contribution in [0.4, 0.5) is 13.2 Å². The molecule has 0 radical (unpaired) electrons. The van der Waals surface area contributed by atoms with Gasteiger partial charge >= 0.3 is 6.18 Å².